The lowest BCUT2D eigenvalue weighted by atomic mass is 10.0. The maximum Gasteiger partial charge on any atom is 0.256 e. The summed E-state index contributed by atoms with van der Waals surface area (Å²) in [6.07, 6.45) is 0. The van der Waals surface area contributed by atoms with E-state index in [1.165, 1.54) is 0 Å². The highest BCUT2D eigenvalue weighted by Gasteiger charge is 2.14. The molecule has 0 aliphatic carbocycles. The summed E-state index contributed by atoms with van der Waals surface area (Å²) in [5, 5.41) is 5.14. The van der Waals surface area contributed by atoms with Gasteiger partial charge in [-0.05, 0) is 42.1 Å². The van der Waals surface area contributed by atoms with Gasteiger partial charge >= 0.3 is 0 Å². The lowest BCUT2D eigenvalue weighted by molar-refractivity contribution is 0.102. The second-order valence-electron chi connectivity index (χ2n) is 5.30. The molecule has 4 heteroatoms. The predicted octanol–water partition coefficient (Wildman–Crippen LogP) is 5.06. The fourth-order valence-electron chi connectivity index (χ4n) is 2.56. The number of amides is 1. The molecule has 0 fully saturated rings. The first-order chi connectivity index (χ1) is 11.1. The van der Waals surface area contributed by atoms with Gasteiger partial charge in [-0.1, -0.05) is 41.9 Å². The van der Waals surface area contributed by atoms with Gasteiger partial charge in [0.2, 0.25) is 0 Å². The first-order valence-electron chi connectivity index (χ1n) is 7.23. The zero-order valence-corrected chi connectivity index (χ0v) is 13.6. The average Bonchev–Trinajstić information content (AvgIpc) is 2.56. The molecule has 0 aromatic heterocycles. The van der Waals surface area contributed by atoms with Crippen molar-refractivity contribution >= 4 is 34.0 Å². The molecule has 116 valence electrons. The Labute approximate surface area is 139 Å². The zero-order chi connectivity index (χ0) is 16.4. The molecule has 0 aliphatic heterocycles. The molecule has 3 aromatic rings. The van der Waals surface area contributed by atoms with Crippen molar-refractivity contribution in [2.75, 3.05) is 12.4 Å². The van der Waals surface area contributed by atoms with Crippen LogP contribution in [0, 0.1) is 6.92 Å². The molecule has 0 heterocycles. The number of anilines is 1. The fourth-order valence-corrected chi connectivity index (χ4v) is 2.84. The van der Waals surface area contributed by atoms with E-state index in [1.807, 2.05) is 43.3 Å². The van der Waals surface area contributed by atoms with E-state index in [0.717, 1.165) is 22.1 Å². The van der Waals surface area contributed by atoms with Crippen LogP contribution in [-0.4, -0.2) is 13.0 Å². The van der Waals surface area contributed by atoms with Crippen LogP contribution in [0.5, 0.6) is 5.75 Å². The van der Waals surface area contributed by atoms with Gasteiger partial charge < -0.3 is 10.1 Å². The maximum atomic E-state index is 12.7. The number of halogens is 1. The van der Waals surface area contributed by atoms with Crippen LogP contribution in [0.15, 0.2) is 54.6 Å². The molecule has 3 rings (SSSR count). The predicted molar refractivity (Wildman–Crippen MR) is 94.6 cm³/mol. The molecule has 3 nitrogen and oxygen atoms in total. The molecular weight excluding hydrogens is 310 g/mol. The monoisotopic (exact) mass is 325 g/mol. The minimum atomic E-state index is -0.199. The van der Waals surface area contributed by atoms with Gasteiger partial charge in [0.1, 0.15) is 5.75 Å². The van der Waals surface area contributed by atoms with E-state index >= 15 is 0 Å². The van der Waals surface area contributed by atoms with Crippen LogP contribution in [0.1, 0.15) is 15.9 Å². The molecule has 0 saturated heterocycles. The Kier molecular flexibility index (Phi) is 4.22. The van der Waals surface area contributed by atoms with E-state index in [1.54, 1.807) is 25.3 Å². The number of carbonyl (C=O) groups excluding carboxylic acids is 1. The van der Waals surface area contributed by atoms with Crippen molar-refractivity contribution in [1.29, 1.82) is 0 Å². The average molecular weight is 326 g/mol. The first kappa shape index (κ1) is 15.4. The number of carbonyl (C=O) groups is 1. The molecular formula is C19H16ClNO2. The highest BCUT2D eigenvalue weighted by atomic mass is 35.5. The summed E-state index contributed by atoms with van der Waals surface area (Å²) in [7, 11) is 1.62. The largest absolute Gasteiger partial charge is 0.496 e. The molecule has 23 heavy (non-hydrogen) atoms. The van der Waals surface area contributed by atoms with E-state index in [0.29, 0.717) is 16.3 Å². The van der Waals surface area contributed by atoms with Gasteiger partial charge in [-0.2, -0.15) is 0 Å². The third-order valence-electron chi connectivity index (χ3n) is 3.72. The van der Waals surface area contributed by atoms with Crippen LogP contribution >= 0.6 is 11.6 Å². The summed E-state index contributed by atoms with van der Waals surface area (Å²) < 4.78 is 5.36. The minimum absolute atomic E-state index is 0.199. The van der Waals surface area contributed by atoms with Crippen LogP contribution in [0.2, 0.25) is 5.02 Å². The Morgan fingerprint density at radius 1 is 1.04 bits per heavy atom. The van der Waals surface area contributed by atoms with Crippen molar-refractivity contribution < 1.29 is 9.53 Å². The third-order valence-corrected chi connectivity index (χ3v) is 4.03. The van der Waals surface area contributed by atoms with Gasteiger partial charge in [0.05, 0.1) is 17.8 Å². The molecule has 0 saturated carbocycles. The summed E-state index contributed by atoms with van der Waals surface area (Å²) >= 11 is 6.19. The Hall–Kier alpha value is -2.52. The number of fused-ring (bicyclic) bond motifs is 1. The second kappa shape index (κ2) is 6.31. The van der Waals surface area contributed by atoms with Crippen molar-refractivity contribution in [3.8, 4) is 5.75 Å². The van der Waals surface area contributed by atoms with Crippen LogP contribution in [-0.2, 0) is 0 Å². The van der Waals surface area contributed by atoms with Crippen LogP contribution in [0.25, 0.3) is 10.8 Å². The van der Waals surface area contributed by atoms with Crippen molar-refractivity contribution in [2.45, 2.75) is 6.92 Å². The standard InChI is InChI=1S/C19H16ClNO2/c1-12-7-9-17(16(20)11-12)21-19(22)15-8-10-18(23-2)14-6-4-3-5-13(14)15/h3-11H,1-2H3,(H,21,22). The number of methoxy groups -OCH3 is 1. The molecule has 0 unspecified atom stereocenters. The number of hydrogen-bond acceptors (Lipinski definition) is 2. The van der Waals surface area contributed by atoms with Crippen LogP contribution < -0.4 is 10.1 Å². The first-order valence-corrected chi connectivity index (χ1v) is 7.61. The van der Waals surface area contributed by atoms with E-state index in [2.05, 4.69) is 5.32 Å². The number of rotatable bonds is 3. The van der Waals surface area contributed by atoms with Gasteiger partial charge in [-0.15, -0.1) is 0 Å². The Balaban J connectivity index is 2.01. The molecule has 0 aliphatic rings. The van der Waals surface area contributed by atoms with Gasteiger partial charge in [-0.3, -0.25) is 4.79 Å². The van der Waals surface area contributed by atoms with Gasteiger partial charge in [0, 0.05) is 10.9 Å². The lowest BCUT2D eigenvalue weighted by Gasteiger charge is -2.12. The van der Waals surface area contributed by atoms with Gasteiger partial charge in [0.15, 0.2) is 0 Å². The zero-order valence-electron chi connectivity index (χ0n) is 12.9. The second-order valence-corrected chi connectivity index (χ2v) is 5.71. The van der Waals surface area contributed by atoms with Crippen molar-refractivity contribution in [3.63, 3.8) is 0 Å². The molecule has 0 bridgehead atoms. The molecule has 0 atom stereocenters. The number of aryl methyl sites for hydroxylation is 1. The molecule has 0 spiro atoms. The van der Waals surface area contributed by atoms with Crippen molar-refractivity contribution in [3.05, 3.63) is 70.7 Å². The Morgan fingerprint density at radius 3 is 2.48 bits per heavy atom. The summed E-state index contributed by atoms with van der Waals surface area (Å²) in [5.74, 6) is 0.542. The molecule has 1 N–H and O–H groups in total. The highest BCUT2D eigenvalue weighted by Crippen LogP contribution is 2.29. The molecule has 3 aromatic carbocycles. The molecule has 0 radical (unpaired) electrons. The van der Waals surface area contributed by atoms with Crippen molar-refractivity contribution in [1.82, 2.24) is 0 Å². The van der Waals surface area contributed by atoms with E-state index < -0.39 is 0 Å². The van der Waals surface area contributed by atoms with Gasteiger partial charge in [0.25, 0.3) is 5.91 Å². The molecule has 1 amide bonds. The number of ether oxygens (including phenoxy) is 1. The minimum Gasteiger partial charge on any atom is -0.496 e. The summed E-state index contributed by atoms with van der Waals surface area (Å²) in [4.78, 5) is 12.7. The number of benzene rings is 3. The SMILES string of the molecule is COc1ccc(C(=O)Nc2ccc(C)cc2Cl)c2ccccc12. The number of hydrogen-bond donors (Lipinski definition) is 1. The fraction of sp³-hybridized carbons (Fsp3) is 0.105. The Bertz CT molecular complexity index is 890. The smallest absolute Gasteiger partial charge is 0.256 e. The van der Waals surface area contributed by atoms with Crippen molar-refractivity contribution in [2.24, 2.45) is 0 Å². The third kappa shape index (κ3) is 3.01. The summed E-state index contributed by atoms with van der Waals surface area (Å²) in [5.41, 5.74) is 2.23. The van der Waals surface area contributed by atoms with E-state index in [9.17, 15) is 4.79 Å². The van der Waals surface area contributed by atoms with E-state index in [4.69, 9.17) is 16.3 Å². The van der Waals surface area contributed by atoms with Crippen LogP contribution in [0.3, 0.4) is 0 Å². The normalized spacial score (nSPS) is 10.6. The number of nitrogens with one attached hydrogen (secondary N) is 1. The Morgan fingerprint density at radius 2 is 1.78 bits per heavy atom. The van der Waals surface area contributed by atoms with E-state index in [-0.39, 0.29) is 5.91 Å². The van der Waals surface area contributed by atoms with Crippen LogP contribution in [0.4, 0.5) is 5.69 Å². The lowest BCUT2D eigenvalue weighted by Crippen LogP contribution is -2.13. The van der Waals surface area contributed by atoms with Gasteiger partial charge in [-0.25, -0.2) is 0 Å². The summed E-state index contributed by atoms with van der Waals surface area (Å²) in [6, 6.07) is 16.8. The quantitative estimate of drug-likeness (QED) is 0.730. The topological polar surface area (TPSA) is 38.3 Å². The maximum absolute atomic E-state index is 12.7. The summed E-state index contributed by atoms with van der Waals surface area (Å²) in [6.45, 7) is 1.95. The highest BCUT2D eigenvalue weighted by molar-refractivity contribution is 6.34.